The highest BCUT2D eigenvalue weighted by molar-refractivity contribution is 7.89. The highest BCUT2D eigenvalue weighted by atomic mass is 32.2. The van der Waals surface area contributed by atoms with Crippen LogP contribution in [0, 0.1) is 5.82 Å². The first-order valence-electron chi connectivity index (χ1n) is 10.1. The number of carbonyl (C=O) groups excluding carboxylic acids is 1. The fourth-order valence-electron chi connectivity index (χ4n) is 3.32. The molecule has 1 amide bonds. The average Bonchev–Trinajstić information content (AvgIpc) is 2.75. The summed E-state index contributed by atoms with van der Waals surface area (Å²) in [7, 11) is -2.24. The number of hydrogen-bond donors (Lipinski definition) is 1. The minimum Gasteiger partial charge on any atom is -0.495 e. The minimum atomic E-state index is -3.67. The van der Waals surface area contributed by atoms with Gasteiger partial charge in [-0.15, -0.1) is 0 Å². The molecule has 1 saturated heterocycles. The average molecular weight is 451 g/mol. The van der Waals surface area contributed by atoms with Gasteiger partial charge in [-0.05, 0) is 69.2 Å². The van der Waals surface area contributed by atoms with Crippen LogP contribution in [0.4, 0.5) is 10.1 Å². The smallest absolute Gasteiger partial charge is 0.268 e. The summed E-state index contributed by atoms with van der Waals surface area (Å²) in [5.74, 6) is -0.271. The molecule has 0 saturated carbocycles. The first kappa shape index (κ1) is 23.0. The largest absolute Gasteiger partial charge is 0.495 e. The second-order valence-electron chi connectivity index (χ2n) is 7.85. The number of nitrogens with one attached hydrogen (secondary N) is 1. The molecule has 0 aromatic heterocycles. The van der Waals surface area contributed by atoms with Gasteiger partial charge in [0.1, 0.15) is 17.3 Å². The molecular weight excluding hydrogens is 423 g/mol. The molecule has 2 aromatic rings. The van der Waals surface area contributed by atoms with E-state index in [9.17, 15) is 17.6 Å². The van der Waals surface area contributed by atoms with E-state index in [1.54, 1.807) is 13.8 Å². The lowest BCUT2D eigenvalue weighted by atomic mass is 10.1. The number of benzene rings is 2. The fourth-order valence-corrected chi connectivity index (χ4v) is 4.86. The summed E-state index contributed by atoms with van der Waals surface area (Å²) in [6.07, 6.45) is 2.67. The number of nitrogens with zero attached hydrogens (tertiary/aromatic N) is 1. The summed E-state index contributed by atoms with van der Waals surface area (Å²) >= 11 is 0. The van der Waals surface area contributed by atoms with E-state index in [0.29, 0.717) is 24.6 Å². The number of carbonyl (C=O) groups is 1. The van der Waals surface area contributed by atoms with E-state index >= 15 is 0 Å². The zero-order valence-corrected chi connectivity index (χ0v) is 18.7. The van der Waals surface area contributed by atoms with Crippen molar-refractivity contribution in [3.05, 3.63) is 48.3 Å². The molecular formula is C22H27FN2O5S. The van der Waals surface area contributed by atoms with Crippen molar-refractivity contribution < 1.29 is 27.1 Å². The molecule has 0 spiro atoms. The minimum absolute atomic E-state index is 0.0859. The molecule has 9 heteroatoms. The maximum atomic E-state index is 13.1. The highest BCUT2D eigenvalue weighted by Crippen LogP contribution is 2.31. The maximum Gasteiger partial charge on any atom is 0.268 e. The Balaban J connectivity index is 1.83. The number of anilines is 1. The predicted molar refractivity (Wildman–Crippen MR) is 115 cm³/mol. The molecule has 1 fully saturated rings. The summed E-state index contributed by atoms with van der Waals surface area (Å²) in [6, 6.07) is 9.71. The summed E-state index contributed by atoms with van der Waals surface area (Å²) < 4.78 is 51.6. The van der Waals surface area contributed by atoms with Gasteiger partial charge < -0.3 is 14.8 Å². The van der Waals surface area contributed by atoms with Gasteiger partial charge in [0.05, 0.1) is 17.7 Å². The lowest BCUT2D eigenvalue weighted by Gasteiger charge is -2.27. The topological polar surface area (TPSA) is 84.9 Å². The first-order valence-corrected chi connectivity index (χ1v) is 11.5. The normalized spacial score (nSPS) is 15.4. The zero-order chi connectivity index (χ0) is 22.6. The van der Waals surface area contributed by atoms with Gasteiger partial charge in [0.15, 0.2) is 5.60 Å². The zero-order valence-electron chi connectivity index (χ0n) is 17.9. The van der Waals surface area contributed by atoms with Gasteiger partial charge in [-0.3, -0.25) is 4.79 Å². The summed E-state index contributed by atoms with van der Waals surface area (Å²) in [5.41, 5.74) is -1.09. The number of amides is 1. The Morgan fingerprint density at radius 2 is 1.71 bits per heavy atom. The van der Waals surface area contributed by atoms with Crippen LogP contribution in [0.25, 0.3) is 0 Å². The standard InChI is InChI=1S/C22H27FN2O5S/c1-22(2,30-17-9-7-16(23)8-10-17)21(26)24-19-15-18(11-12-20(19)29-3)31(27,28)25-13-5-4-6-14-25/h7-12,15H,4-6,13-14H2,1-3H3,(H,24,26). The van der Waals surface area contributed by atoms with Crippen LogP contribution >= 0.6 is 0 Å². The number of hydrogen-bond acceptors (Lipinski definition) is 5. The van der Waals surface area contributed by atoms with Crippen LogP contribution in [0.3, 0.4) is 0 Å². The van der Waals surface area contributed by atoms with Crippen LogP contribution in [0.2, 0.25) is 0 Å². The number of rotatable bonds is 7. The van der Waals surface area contributed by atoms with Crippen LogP contribution in [-0.2, 0) is 14.8 Å². The van der Waals surface area contributed by atoms with Crippen molar-refractivity contribution in [3.8, 4) is 11.5 Å². The third-order valence-corrected chi connectivity index (χ3v) is 7.00. The quantitative estimate of drug-likeness (QED) is 0.694. The molecule has 0 radical (unpaired) electrons. The van der Waals surface area contributed by atoms with E-state index in [2.05, 4.69) is 5.32 Å². The molecule has 1 N–H and O–H groups in total. The van der Waals surface area contributed by atoms with Gasteiger partial charge in [0.25, 0.3) is 5.91 Å². The van der Waals surface area contributed by atoms with E-state index in [4.69, 9.17) is 9.47 Å². The number of piperidine rings is 1. The highest BCUT2D eigenvalue weighted by Gasteiger charge is 2.32. The summed E-state index contributed by atoms with van der Waals surface area (Å²) in [4.78, 5) is 13.0. The lowest BCUT2D eigenvalue weighted by molar-refractivity contribution is -0.128. The van der Waals surface area contributed by atoms with Gasteiger partial charge >= 0.3 is 0 Å². The Kier molecular flexibility index (Phi) is 6.86. The van der Waals surface area contributed by atoms with Crippen molar-refractivity contribution in [2.45, 2.75) is 43.6 Å². The number of halogens is 1. The molecule has 7 nitrogen and oxygen atoms in total. The molecule has 1 aliphatic heterocycles. The maximum absolute atomic E-state index is 13.1. The van der Waals surface area contributed by atoms with Crippen molar-refractivity contribution >= 4 is 21.6 Å². The molecule has 0 unspecified atom stereocenters. The van der Waals surface area contributed by atoms with Gasteiger partial charge in [0.2, 0.25) is 10.0 Å². The Morgan fingerprint density at radius 3 is 2.32 bits per heavy atom. The molecule has 168 valence electrons. The second kappa shape index (κ2) is 9.23. The van der Waals surface area contributed by atoms with Crippen molar-refractivity contribution in [2.24, 2.45) is 0 Å². The second-order valence-corrected chi connectivity index (χ2v) is 9.79. The molecule has 2 aromatic carbocycles. The van der Waals surface area contributed by atoms with Crippen molar-refractivity contribution in [3.63, 3.8) is 0 Å². The monoisotopic (exact) mass is 450 g/mol. The Hall–Kier alpha value is -2.65. The number of sulfonamides is 1. The van der Waals surface area contributed by atoms with E-state index in [0.717, 1.165) is 19.3 Å². The SMILES string of the molecule is COc1ccc(S(=O)(=O)N2CCCCC2)cc1NC(=O)C(C)(C)Oc1ccc(F)cc1. The van der Waals surface area contributed by atoms with Crippen LogP contribution < -0.4 is 14.8 Å². The van der Waals surface area contributed by atoms with Gasteiger partial charge in [-0.25, -0.2) is 12.8 Å². The van der Waals surface area contributed by atoms with Crippen LogP contribution in [0.15, 0.2) is 47.4 Å². The number of methoxy groups -OCH3 is 1. The van der Waals surface area contributed by atoms with Gasteiger partial charge in [0, 0.05) is 13.1 Å². The van der Waals surface area contributed by atoms with Crippen molar-refractivity contribution in [1.29, 1.82) is 0 Å². The first-order chi connectivity index (χ1) is 14.6. The molecule has 0 bridgehead atoms. The molecule has 0 aliphatic carbocycles. The molecule has 1 aliphatic rings. The van der Waals surface area contributed by atoms with E-state index in [-0.39, 0.29) is 10.6 Å². The Morgan fingerprint density at radius 1 is 1.06 bits per heavy atom. The lowest BCUT2D eigenvalue weighted by Crippen LogP contribution is -2.42. The van der Waals surface area contributed by atoms with Crippen molar-refractivity contribution in [2.75, 3.05) is 25.5 Å². The fraction of sp³-hybridized carbons (Fsp3) is 0.409. The third kappa shape index (κ3) is 5.34. The van der Waals surface area contributed by atoms with Crippen LogP contribution in [0.5, 0.6) is 11.5 Å². The molecule has 31 heavy (non-hydrogen) atoms. The molecule has 3 rings (SSSR count). The Bertz CT molecular complexity index is 1030. The Labute approximate surface area is 182 Å². The molecule has 1 heterocycles. The number of ether oxygens (including phenoxy) is 2. The van der Waals surface area contributed by atoms with E-state index in [1.807, 2.05) is 0 Å². The third-order valence-electron chi connectivity index (χ3n) is 5.11. The van der Waals surface area contributed by atoms with Crippen LogP contribution in [-0.4, -0.2) is 44.4 Å². The van der Waals surface area contributed by atoms with Crippen molar-refractivity contribution in [1.82, 2.24) is 4.31 Å². The van der Waals surface area contributed by atoms with E-state index < -0.39 is 27.3 Å². The van der Waals surface area contributed by atoms with Gasteiger partial charge in [-0.1, -0.05) is 6.42 Å². The summed E-state index contributed by atoms with van der Waals surface area (Å²) in [5, 5.41) is 2.70. The van der Waals surface area contributed by atoms with Gasteiger partial charge in [-0.2, -0.15) is 4.31 Å². The molecule has 0 atom stereocenters. The van der Waals surface area contributed by atoms with E-state index in [1.165, 1.54) is 53.9 Å². The summed E-state index contributed by atoms with van der Waals surface area (Å²) in [6.45, 7) is 4.09. The predicted octanol–water partition coefficient (Wildman–Crippen LogP) is 3.81. The van der Waals surface area contributed by atoms with Crippen LogP contribution in [0.1, 0.15) is 33.1 Å².